The van der Waals surface area contributed by atoms with Gasteiger partial charge in [0.2, 0.25) is 0 Å². The molecule has 0 aromatic heterocycles. The average molecular weight is 147 g/mol. The molecule has 0 aromatic rings. The molecule has 0 aromatic carbocycles. The minimum absolute atomic E-state index is 0.0617. The number of hydrogen-bond donors (Lipinski definition) is 3. The van der Waals surface area contributed by atoms with Gasteiger partial charge in [-0.05, 0) is 13.3 Å². The molecule has 1 unspecified atom stereocenters. The Bertz CT molecular complexity index is 108. The third kappa shape index (κ3) is 1.46. The first-order valence-electron chi connectivity index (χ1n) is 3.38. The summed E-state index contributed by atoms with van der Waals surface area (Å²) in [5.41, 5.74) is 5.47. The van der Waals surface area contributed by atoms with Gasteiger partial charge in [0, 0.05) is 6.04 Å². The molecule has 10 heavy (non-hydrogen) atoms. The van der Waals surface area contributed by atoms with Crippen molar-refractivity contribution in [2.24, 2.45) is 5.73 Å². The van der Waals surface area contributed by atoms with Crippen LogP contribution >= 0.6 is 0 Å². The van der Waals surface area contributed by atoms with Crippen LogP contribution in [-0.2, 0) is 4.74 Å². The van der Waals surface area contributed by atoms with Gasteiger partial charge in [-0.2, -0.15) is 0 Å². The summed E-state index contributed by atoms with van der Waals surface area (Å²) in [6, 6.07) is -0.362. The molecule has 60 valence electrons. The zero-order valence-corrected chi connectivity index (χ0v) is 5.90. The quantitative estimate of drug-likeness (QED) is 0.402. The first kappa shape index (κ1) is 7.94. The van der Waals surface area contributed by atoms with E-state index >= 15 is 0 Å². The van der Waals surface area contributed by atoms with Crippen LogP contribution in [0.1, 0.15) is 13.3 Å². The van der Waals surface area contributed by atoms with Crippen LogP contribution in [0.2, 0.25) is 0 Å². The first-order valence-corrected chi connectivity index (χ1v) is 3.38. The highest BCUT2D eigenvalue weighted by Crippen LogP contribution is 2.16. The van der Waals surface area contributed by atoms with Crippen LogP contribution in [-0.4, -0.2) is 34.8 Å². The van der Waals surface area contributed by atoms with Crippen LogP contribution in [0, 0.1) is 0 Å². The summed E-state index contributed by atoms with van der Waals surface area (Å²) >= 11 is 0. The van der Waals surface area contributed by atoms with Gasteiger partial charge < -0.3 is 20.7 Å². The number of rotatable bonds is 0. The second kappa shape index (κ2) is 2.84. The highest BCUT2D eigenvalue weighted by molar-refractivity contribution is 4.81. The standard InChI is InChI=1S/C6H13NO3/c1-3-2-4(7)5(8)6(9)10-3/h3-6,8-9H,2,7H2,1H3/t3-,4+,5-,6?/m1/s1. The summed E-state index contributed by atoms with van der Waals surface area (Å²) in [5, 5.41) is 18.0. The van der Waals surface area contributed by atoms with Crippen LogP contribution in [0.3, 0.4) is 0 Å². The molecule has 1 heterocycles. The maximum atomic E-state index is 9.06. The molecule has 0 saturated carbocycles. The lowest BCUT2D eigenvalue weighted by atomic mass is 10.0. The van der Waals surface area contributed by atoms with Gasteiger partial charge in [0.1, 0.15) is 6.10 Å². The average Bonchev–Trinajstić information content (AvgIpc) is 1.82. The number of nitrogens with two attached hydrogens (primary N) is 1. The van der Waals surface area contributed by atoms with E-state index in [0.717, 1.165) is 0 Å². The van der Waals surface area contributed by atoms with Gasteiger partial charge >= 0.3 is 0 Å². The number of ether oxygens (including phenoxy) is 1. The largest absolute Gasteiger partial charge is 0.386 e. The van der Waals surface area contributed by atoms with Gasteiger partial charge in [0.25, 0.3) is 0 Å². The maximum Gasteiger partial charge on any atom is 0.182 e. The molecule has 4 atom stereocenters. The highest BCUT2D eigenvalue weighted by Gasteiger charge is 2.32. The Morgan fingerprint density at radius 1 is 1.50 bits per heavy atom. The zero-order chi connectivity index (χ0) is 7.72. The lowest BCUT2D eigenvalue weighted by molar-refractivity contribution is -0.216. The Kier molecular flexibility index (Phi) is 2.25. The lowest BCUT2D eigenvalue weighted by Crippen LogP contribution is -2.51. The SMILES string of the molecule is C[C@@H]1C[C@H](N)[C@@H](O)C(O)O1. The summed E-state index contributed by atoms with van der Waals surface area (Å²) in [6.07, 6.45) is -1.51. The molecule has 1 fully saturated rings. The van der Waals surface area contributed by atoms with Crippen molar-refractivity contribution in [3.63, 3.8) is 0 Å². The van der Waals surface area contributed by atoms with Crippen LogP contribution in [0.4, 0.5) is 0 Å². The molecule has 1 aliphatic rings. The third-order valence-corrected chi connectivity index (χ3v) is 1.71. The third-order valence-electron chi connectivity index (χ3n) is 1.71. The molecule has 1 saturated heterocycles. The molecule has 4 nitrogen and oxygen atoms in total. The molecular weight excluding hydrogens is 134 g/mol. The van der Waals surface area contributed by atoms with Crippen molar-refractivity contribution in [2.75, 3.05) is 0 Å². The van der Waals surface area contributed by atoms with Crippen molar-refractivity contribution in [3.8, 4) is 0 Å². The van der Waals surface area contributed by atoms with Gasteiger partial charge in [0.05, 0.1) is 6.10 Å². The van der Waals surface area contributed by atoms with Gasteiger partial charge in [0.15, 0.2) is 6.29 Å². The lowest BCUT2D eigenvalue weighted by Gasteiger charge is -2.33. The van der Waals surface area contributed by atoms with Crippen molar-refractivity contribution in [2.45, 2.75) is 37.9 Å². The highest BCUT2D eigenvalue weighted by atomic mass is 16.6. The molecule has 0 spiro atoms. The van der Waals surface area contributed by atoms with Gasteiger partial charge in [-0.1, -0.05) is 0 Å². The van der Waals surface area contributed by atoms with Crippen LogP contribution < -0.4 is 5.73 Å². The van der Waals surface area contributed by atoms with Gasteiger partial charge in [-0.3, -0.25) is 0 Å². The monoisotopic (exact) mass is 147 g/mol. The van der Waals surface area contributed by atoms with E-state index < -0.39 is 12.4 Å². The maximum absolute atomic E-state index is 9.06. The fourth-order valence-electron chi connectivity index (χ4n) is 1.11. The molecule has 1 aliphatic heterocycles. The smallest absolute Gasteiger partial charge is 0.182 e. The Labute approximate surface area is 59.6 Å². The molecular formula is C6H13NO3. The van der Waals surface area contributed by atoms with Crippen LogP contribution in [0.15, 0.2) is 0 Å². The van der Waals surface area contributed by atoms with Crippen LogP contribution in [0.5, 0.6) is 0 Å². The van der Waals surface area contributed by atoms with Crippen LogP contribution in [0.25, 0.3) is 0 Å². The predicted octanol–water partition coefficient (Wildman–Crippen LogP) is -1.20. The van der Waals surface area contributed by atoms with E-state index in [0.29, 0.717) is 6.42 Å². The summed E-state index contributed by atoms with van der Waals surface area (Å²) in [6.45, 7) is 1.81. The Morgan fingerprint density at radius 3 is 2.60 bits per heavy atom. The van der Waals surface area contributed by atoms with Gasteiger partial charge in [-0.25, -0.2) is 0 Å². The minimum atomic E-state index is -1.11. The Balaban J connectivity index is 2.49. The fraction of sp³-hybridized carbons (Fsp3) is 1.00. The molecule has 1 rings (SSSR count). The second-order valence-electron chi connectivity index (χ2n) is 2.73. The predicted molar refractivity (Wildman–Crippen MR) is 35.2 cm³/mol. The summed E-state index contributed by atoms with van der Waals surface area (Å²) in [7, 11) is 0. The van der Waals surface area contributed by atoms with E-state index in [-0.39, 0.29) is 12.1 Å². The van der Waals surface area contributed by atoms with E-state index in [1.54, 1.807) is 0 Å². The normalized spacial score (nSPS) is 49.2. The zero-order valence-electron chi connectivity index (χ0n) is 5.90. The number of aliphatic hydroxyl groups excluding tert-OH is 2. The number of hydrogen-bond acceptors (Lipinski definition) is 4. The summed E-state index contributed by atoms with van der Waals surface area (Å²) in [5.74, 6) is 0. The number of aliphatic hydroxyl groups is 2. The van der Waals surface area contributed by atoms with Crippen molar-refractivity contribution in [3.05, 3.63) is 0 Å². The Morgan fingerprint density at radius 2 is 2.10 bits per heavy atom. The summed E-state index contributed by atoms with van der Waals surface area (Å²) in [4.78, 5) is 0. The van der Waals surface area contributed by atoms with E-state index in [9.17, 15) is 0 Å². The molecule has 0 aliphatic carbocycles. The Hall–Kier alpha value is -0.160. The van der Waals surface area contributed by atoms with Crippen molar-refractivity contribution in [1.29, 1.82) is 0 Å². The molecule has 0 bridgehead atoms. The van der Waals surface area contributed by atoms with E-state index in [2.05, 4.69) is 0 Å². The minimum Gasteiger partial charge on any atom is -0.386 e. The summed E-state index contributed by atoms with van der Waals surface area (Å²) < 4.78 is 4.89. The first-order chi connectivity index (χ1) is 4.61. The molecule has 4 heteroatoms. The van der Waals surface area contributed by atoms with Crippen molar-refractivity contribution >= 4 is 0 Å². The van der Waals surface area contributed by atoms with Crippen molar-refractivity contribution < 1.29 is 14.9 Å². The molecule has 0 amide bonds. The van der Waals surface area contributed by atoms with E-state index in [1.807, 2.05) is 6.92 Å². The van der Waals surface area contributed by atoms with Gasteiger partial charge in [-0.15, -0.1) is 0 Å². The van der Waals surface area contributed by atoms with Crippen molar-refractivity contribution in [1.82, 2.24) is 0 Å². The fourth-order valence-corrected chi connectivity index (χ4v) is 1.11. The van der Waals surface area contributed by atoms with E-state index in [1.165, 1.54) is 0 Å². The second-order valence-corrected chi connectivity index (χ2v) is 2.73. The topological polar surface area (TPSA) is 75.7 Å². The van der Waals surface area contributed by atoms with E-state index in [4.69, 9.17) is 20.7 Å². The molecule has 0 radical (unpaired) electrons. The molecule has 4 N–H and O–H groups in total.